The van der Waals surface area contributed by atoms with Crippen LogP contribution in [-0.4, -0.2) is 42.2 Å². The standard InChI is InChI=1S/C25H16Cl3F11N2O2/c26-16-8-12(9-17(27)18(16)28)14(23(32,33)25(37,38)39)4-2-11-1-3-13(15(7-11)24(34,35)36)19(42)41-21(5-6-21)20(43)40-10-22(29,30)31/h1-4,7-9,14H,5-6,10H2,(H,40,43)(H,41,42)/b4-2+. The van der Waals surface area contributed by atoms with Gasteiger partial charge in [-0.25, -0.2) is 0 Å². The van der Waals surface area contributed by atoms with Crippen molar-refractivity contribution in [3.63, 3.8) is 0 Å². The van der Waals surface area contributed by atoms with E-state index in [4.69, 9.17) is 34.8 Å². The average Bonchev–Trinajstić information content (AvgIpc) is 3.64. The van der Waals surface area contributed by atoms with Crippen LogP contribution in [0.1, 0.15) is 45.8 Å². The number of hydrogen-bond donors (Lipinski definition) is 2. The summed E-state index contributed by atoms with van der Waals surface area (Å²) in [5, 5.41) is 2.21. The van der Waals surface area contributed by atoms with Gasteiger partial charge in [0.1, 0.15) is 12.1 Å². The largest absolute Gasteiger partial charge is 0.454 e. The SMILES string of the molecule is O=C(NC1(C(=O)NCC(F)(F)F)CC1)c1ccc(/C=C/C(c2cc(Cl)c(Cl)c(Cl)c2)C(F)(F)C(F)(F)F)cc1C(F)(F)F. The van der Waals surface area contributed by atoms with Gasteiger partial charge >= 0.3 is 24.5 Å². The maximum absolute atomic E-state index is 14.5. The first kappa shape index (κ1) is 34.7. The van der Waals surface area contributed by atoms with E-state index in [1.54, 1.807) is 0 Å². The molecular formula is C25H16Cl3F11N2O2. The first-order chi connectivity index (χ1) is 19.5. The predicted octanol–water partition coefficient (Wildman–Crippen LogP) is 8.60. The highest BCUT2D eigenvalue weighted by Crippen LogP contribution is 2.48. The molecular weight excluding hydrogens is 676 g/mol. The minimum atomic E-state index is -6.12. The first-order valence-corrected chi connectivity index (χ1v) is 12.8. The van der Waals surface area contributed by atoms with E-state index in [2.05, 4.69) is 0 Å². The maximum atomic E-state index is 14.5. The number of hydrogen-bond acceptors (Lipinski definition) is 2. The Balaban J connectivity index is 1.97. The molecule has 1 aliphatic rings. The fourth-order valence-corrected chi connectivity index (χ4v) is 4.46. The van der Waals surface area contributed by atoms with Crippen molar-refractivity contribution >= 4 is 52.7 Å². The minimum Gasteiger partial charge on any atom is -0.345 e. The molecule has 0 heterocycles. The molecule has 0 aromatic heterocycles. The molecule has 1 fully saturated rings. The van der Waals surface area contributed by atoms with Gasteiger partial charge < -0.3 is 10.6 Å². The molecule has 1 atom stereocenters. The van der Waals surface area contributed by atoms with Gasteiger partial charge in [0, 0.05) is 0 Å². The Morgan fingerprint density at radius 2 is 1.44 bits per heavy atom. The van der Waals surface area contributed by atoms with Gasteiger partial charge in [0.15, 0.2) is 0 Å². The number of carbonyl (C=O) groups is 2. The Hall–Kier alpha value is -2.78. The molecule has 0 radical (unpaired) electrons. The lowest BCUT2D eigenvalue weighted by Crippen LogP contribution is -2.51. The second-order valence-corrected chi connectivity index (χ2v) is 10.6. The lowest BCUT2D eigenvalue weighted by molar-refractivity contribution is -0.286. The summed E-state index contributed by atoms with van der Waals surface area (Å²) in [5.74, 6) is -11.1. The molecule has 2 N–H and O–H groups in total. The molecule has 236 valence electrons. The third-order valence-electron chi connectivity index (χ3n) is 6.20. The molecule has 43 heavy (non-hydrogen) atoms. The molecule has 1 aliphatic carbocycles. The van der Waals surface area contributed by atoms with Crippen LogP contribution < -0.4 is 10.6 Å². The van der Waals surface area contributed by atoms with Crippen LogP contribution in [0.25, 0.3) is 6.08 Å². The van der Waals surface area contributed by atoms with Crippen LogP contribution in [0.2, 0.25) is 15.1 Å². The van der Waals surface area contributed by atoms with Crippen molar-refractivity contribution in [1.82, 2.24) is 10.6 Å². The van der Waals surface area contributed by atoms with Gasteiger partial charge in [0.05, 0.1) is 32.1 Å². The Labute approximate surface area is 250 Å². The lowest BCUT2D eigenvalue weighted by atomic mass is 9.90. The molecule has 0 bridgehead atoms. The van der Waals surface area contributed by atoms with Crippen molar-refractivity contribution in [2.75, 3.05) is 6.54 Å². The minimum absolute atomic E-state index is 0.169. The van der Waals surface area contributed by atoms with E-state index in [1.807, 2.05) is 5.32 Å². The number of allylic oxidation sites excluding steroid dienone is 1. The van der Waals surface area contributed by atoms with Crippen LogP contribution >= 0.6 is 34.8 Å². The molecule has 3 rings (SSSR count). The maximum Gasteiger partial charge on any atom is 0.454 e. The lowest BCUT2D eigenvalue weighted by Gasteiger charge is -2.27. The van der Waals surface area contributed by atoms with E-state index in [1.165, 1.54) is 5.32 Å². The summed E-state index contributed by atoms with van der Waals surface area (Å²) in [7, 11) is 0. The average molecular weight is 692 g/mol. The van der Waals surface area contributed by atoms with E-state index in [-0.39, 0.29) is 30.0 Å². The van der Waals surface area contributed by atoms with Crippen LogP contribution in [0.15, 0.2) is 36.4 Å². The van der Waals surface area contributed by atoms with Gasteiger partial charge in [0.25, 0.3) is 5.91 Å². The molecule has 0 aliphatic heterocycles. The molecule has 1 saturated carbocycles. The molecule has 0 spiro atoms. The summed E-state index contributed by atoms with van der Waals surface area (Å²) in [6.07, 6.45) is -15.7. The van der Waals surface area contributed by atoms with Gasteiger partial charge in [-0.2, -0.15) is 48.3 Å². The molecule has 0 saturated heterocycles. The molecule has 2 aromatic carbocycles. The zero-order valence-electron chi connectivity index (χ0n) is 20.8. The first-order valence-electron chi connectivity index (χ1n) is 11.6. The number of alkyl halides is 11. The van der Waals surface area contributed by atoms with Crippen LogP contribution in [-0.2, 0) is 11.0 Å². The molecule has 2 amide bonds. The monoisotopic (exact) mass is 690 g/mol. The third-order valence-corrected chi connectivity index (χ3v) is 7.39. The fourth-order valence-electron chi connectivity index (χ4n) is 3.85. The normalized spacial score (nSPS) is 16.2. The van der Waals surface area contributed by atoms with Gasteiger partial charge in [0.2, 0.25) is 5.91 Å². The Bertz CT molecular complexity index is 1410. The summed E-state index contributed by atoms with van der Waals surface area (Å²) in [4.78, 5) is 24.8. The van der Waals surface area contributed by atoms with Crippen molar-refractivity contribution in [1.29, 1.82) is 0 Å². The van der Waals surface area contributed by atoms with E-state index < -0.39 is 86.6 Å². The van der Waals surface area contributed by atoms with Crippen LogP contribution in [0.5, 0.6) is 0 Å². The summed E-state index contributed by atoms with van der Waals surface area (Å²) >= 11 is 17.3. The quantitative estimate of drug-likeness (QED) is 0.215. The highest BCUT2D eigenvalue weighted by atomic mass is 35.5. The van der Waals surface area contributed by atoms with Crippen LogP contribution in [0.4, 0.5) is 48.3 Å². The molecule has 18 heteroatoms. The molecule has 1 unspecified atom stereocenters. The fraction of sp³-hybridized carbons (Fsp3) is 0.360. The van der Waals surface area contributed by atoms with Gasteiger partial charge in [-0.05, 0) is 48.2 Å². The second-order valence-electron chi connectivity index (χ2n) is 9.39. The number of benzene rings is 2. The zero-order valence-corrected chi connectivity index (χ0v) is 23.1. The van der Waals surface area contributed by atoms with Crippen molar-refractivity contribution in [2.45, 2.75) is 48.7 Å². The number of halogens is 14. The smallest absolute Gasteiger partial charge is 0.345 e. The van der Waals surface area contributed by atoms with Gasteiger partial charge in [-0.3, -0.25) is 9.59 Å². The number of nitrogens with one attached hydrogen (secondary N) is 2. The van der Waals surface area contributed by atoms with Crippen LogP contribution in [0.3, 0.4) is 0 Å². The summed E-state index contributed by atoms with van der Waals surface area (Å²) in [5.41, 5.74) is -5.99. The van der Waals surface area contributed by atoms with Gasteiger partial charge in [-0.1, -0.05) is 53.0 Å². The van der Waals surface area contributed by atoms with Crippen molar-refractivity contribution in [3.05, 3.63) is 73.7 Å². The Morgan fingerprint density at radius 1 is 0.884 bits per heavy atom. The highest BCUT2D eigenvalue weighted by molar-refractivity contribution is 6.48. The summed E-state index contributed by atoms with van der Waals surface area (Å²) in [6, 6.07) is 2.98. The van der Waals surface area contributed by atoms with Crippen molar-refractivity contribution < 1.29 is 57.9 Å². The highest BCUT2D eigenvalue weighted by Gasteiger charge is 2.62. The Morgan fingerprint density at radius 3 is 1.91 bits per heavy atom. The second kappa shape index (κ2) is 12.0. The van der Waals surface area contributed by atoms with Crippen molar-refractivity contribution in [3.8, 4) is 0 Å². The third kappa shape index (κ3) is 8.04. The van der Waals surface area contributed by atoms with Crippen LogP contribution in [0, 0.1) is 0 Å². The molecule has 2 aromatic rings. The van der Waals surface area contributed by atoms with E-state index in [9.17, 15) is 57.9 Å². The Kier molecular flexibility index (Phi) is 9.65. The summed E-state index contributed by atoms with van der Waals surface area (Å²) in [6.45, 7) is -1.75. The van der Waals surface area contributed by atoms with E-state index in [0.29, 0.717) is 24.3 Å². The van der Waals surface area contributed by atoms with Crippen molar-refractivity contribution in [2.24, 2.45) is 0 Å². The zero-order chi connectivity index (χ0) is 32.8. The van der Waals surface area contributed by atoms with E-state index in [0.717, 1.165) is 6.07 Å². The topological polar surface area (TPSA) is 58.2 Å². The molecule has 4 nitrogen and oxygen atoms in total. The summed E-state index contributed by atoms with van der Waals surface area (Å²) < 4.78 is 148. The van der Waals surface area contributed by atoms with Gasteiger partial charge in [-0.15, -0.1) is 0 Å². The number of rotatable bonds is 8. The predicted molar refractivity (Wildman–Crippen MR) is 134 cm³/mol. The van der Waals surface area contributed by atoms with E-state index >= 15 is 0 Å². The number of carbonyl (C=O) groups excluding carboxylic acids is 2. The number of amides is 2.